The molecule has 0 aromatic heterocycles. The largest absolute Gasteiger partial charge is 0.302 e. The van der Waals surface area contributed by atoms with Crippen LogP contribution in [0.1, 0.15) is 70.9 Å². The molecule has 0 amide bonds. The van der Waals surface area contributed by atoms with E-state index in [4.69, 9.17) is 5.10 Å². The molecule has 0 bridgehead atoms. The van der Waals surface area contributed by atoms with E-state index in [0.717, 1.165) is 19.3 Å². The molecule has 128 valence electrons. The highest BCUT2D eigenvalue weighted by atomic mass is 15.3. The molecule has 2 atom stereocenters. The van der Waals surface area contributed by atoms with Crippen molar-refractivity contribution in [2.45, 2.75) is 65.3 Å². The molecule has 1 saturated carbocycles. The Bertz CT molecular complexity index is 644. The van der Waals surface area contributed by atoms with Crippen molar-refractivity contribution in [1.82, 2.24) is 5.43 Å². The number of rotatable bonds is 5. The molecule has 2 heteroatoms. The molecule has 1 N–H and O–H groups in total. The monoisotopic (exact) mass is 322 g/mol. The van der Waals surface area contributed by atoms with E-state index in [9.17, 15) is 0 Å². The second kappa shape index (κ2) is 7.83. The van der Waals surface area contributed by atoms with Gasteiger partial charge in [0.25, 0.3) is 0 Å². The summed E-state index contributed by atoms with van der Waals surface area (Å²) in [6.45, 7) is 6.82. The zero-order valence-corrected chi connectivity index (χ0v) is 15.3. The van der Waals surface area contributed by atoms with Gasteiger partial charge >= 0.3 is 0 Å². The van der Waals surface area contributed by atoms with Gasteiger partial charge in [-0.1, -0.05) is 66.5 Å². The lowest BCUT2D eigenvalue weighted by Crippen LogP contribution is -2.20. The minimum atomic E-state index is 0.257. The van der Waals surface area contributed by atoms with E-state index in [1.807, 2.05) is 0 Å². The highest BCUT2D eigenvalue weighted by Crippen LogP contribution is 2.36. The summed E-state index contributed by atoms with van der Waals surface area (Å²) in [4.78, 5) is 0. The van der Waals surface area contributed by atoms with E-state index in [1.54, 1.807) is 5.57 Å². The topological polar surface area (TPSA) is 24.4 Å². The van der Waals surface area contributed by atoms with E-state index in [0.29, 0.717) is 5.92 Å². The summed E-state index contributed by atoms with van der Waals surface area (Å²) in [6, 6.07) is 11.0. The summed E-state index contributed by atoms with van der Waals surface area (Å²) >= 11 is 0. The van der Waals surface area contributed by atoms with Crippen LogP contribution in [0.2, 0.25) is 0 Å². The van der Waals surface area contributed by atoms with Gasteiger partial charge < -0.3 is 5.43 Å². The lowest BCUT2D eigenvalue weighted by molar-refractivity contribution is 0.526. The Balaban J connectivity index is 1.77. The van der Waals surface area contributed by atoms with Gasteiger partial charge in [-0.2, -0.15) is 5.10 Å². The third-order valence-corrected chi connectivity index (χ3v) is 5.59. The molecule has 0 spiro atoms. The molecule has 2 unspecified atom stereocenters. The van der Waals surface area contributed by atoms with Crippen LogP contribution in [0.3, 0.4) is 0 Å². The van der Waals surface area contributed by atoms with Crippen molar-refractivity contribution in [3.63, 3.8) is 0 Å². The van der Waals surface area contributed by atoms with E-state index in [2.05, 4.69) is 62.6 Å². The molecule has 0 saturated heterocycles. The molecule has 1 fully saturated rings. The summed E-state index contributed by atoms with van der Waals surface area (Å²) in [5.41, 5.74) is 10.7. The summed E-state index contributed by atoms with van der Waals surface area (Å²) in [5, 5.41) is 4.80. The Morgan fingerprint density at radius 1 is 1.08 bits per heavy atom. The van der Waals surface area contributed by atoms with Crippen LogP contribution < -0.4 is 5.43 Å². The van der Waals surface area contributed by atoms with Crippen LogP contribution in [-0.2, 0) is 0 Å². The van der Waals surface area contributed by atoms with Gasteiger partial charge in [0.1, 0.15) is 0 Å². The maximum Gasteiger partial charge on any atom is 0.0726 e. The van der Waals surface area contributed by atoms with E-state index in [1.165, 1.54) is 41.7 Å². The SMILES string of the molecule is CC1=CC(C)=C(CC(NN=C2CCCCC2)c2ccccc2)C1C. The highest BCUT2D eigenvalue weighted by molar-refractivity contribution is 5.84. The first-order chi connectivity index (χ1) is 11.6. The lowest BCUT2D eigenvalue weighted by Gasteiger charge is -2.23. The standard InChI is InChI=1S/C22H30N2/c1-16-14-17(2)21(18(16)3)15-22(19-10-6-4-7-11-19)24-23-20-12-8-5-9-13-20/h4,6-7,10-11,14,18,22,24H,5,8-9,12-13,15H2,1-3H3. The number of hydrogen-bond acceptors (Lipinski definition) is 2. The molecule has 0 heterocycles. The number of hydrogen-bond donors (Lipinski definition) is 1. The van der Waals surface area contributed by atoms with Crippen molar-refractivity contribution in [3.05, 3.63) is 58.7 Å². The third kappa shape index (κ3) is 3.98. The fourth-order valence-corrected chi connectivity index (χ4v) is 3.90. The van der Waals surface area contributed by atoms with Crippen LogP contribution in [0.4, 0.5) is 0 Å². The van der Waals surface area contributed by atoms with E-state index < -0.39 is 0 Å². The smallest absolute Gasteiger partial charge is 0.0726 e. The van der Waals surface area contributed by atoms with Crippen molar-refractivity contribution in [1.29, 1.82) is 0 Å². The Morgan fingerprint density at radius 2 is 1.79 bits per heavy atom. The first-order valence-electron chi connectivity index (χ1n) is 9.39. The molecule has 1 aromatic rings. The Labute approximate surface area is 146 Å². The number of nitrogens with one attached hydrogen (secondary N) is 1. The van der Waals surface area contributed by atoms with Crippen molar-refractivity contribution in [3.8, 4) is 0 Å². The molecule has 3 rings (SSSR count). The first-order valence-corrected chi connectivity index (χ1v) is 9.39. The van der Waals surface area contributed by atoms with Crippen molar-refractivity contribution in [2.24, 2.45) is 11.0 Å². The van der Waals surface area contributed by atoms with Gasteiger partial charge in [0.15, 0.2) is 0 Å². The molecular formula is C22H30N2. The summed E-state index contributed by atoms with van der Waals surface area (Å²) in [7, 11) is 0. The molecule has 2 aliphatic carbocycles. The normalized spacial score (nSPS) is 22.4. The van der Waals surface area contributed by atoms with Crippen LogP contribution in [-0.4, -0.2) is 5.71 Å². The van der Waals surface area contributed by atoms with Crippen molar-refractivity contribution in [2.75, 3.05) is 0 Å². The minimum Gasteiger partial charge on any atom is -0.302 e. The van der Waals surface area contributed by atoms with Crippen LogP contribution in [0.15, 0.2) is 58.2 Å². The molecular weight excluding hydrogens is 292 g/mol. The minimum absolute atomic E-state index is 0.257. The predicted molar refractivity (Wildman–Crippen MR) is 103 cm³/mol. The molecule has 0 aliphatic heterocycles. The van der Waals surface area contributed by atoms with Gasteiger partial charge in [-0.15, -0.1) is 0 Å². The number of allylic oxidation sites excluding steroid dienone is 3. The fourth-order valence-electron chi connectivity index (χ4n) is 3.90. The molecule has 2 nitrogen and oxygen atoms in total. The predicted octanol–water partition coefficient (Wildman–Crippen LogP) is 5.94. The average molecular weight is 322 g/mol. The summed E-state index contributed by atoms with van der Waals surface area (Å²) < 4.78 is 0. The van der Waals surface area contributed by atoms with Crippen LogP contribution in [0.25, 0.3) is 0 Å². The maximum atomic E-state index is 4.80. The molecule has 1 aromatic carbocycles. The van der Waals surface area contributed by atoms with Gasteiger partial charge in [0.05, 0.1) is 6.04 Å². The van der Waals surface area contributed by atoms with E-state index in [-0.39, 0.29) is 6.04 Å². The Hall–Kier alpha value is -1.83. The van der Waals surface area contributed by atoms with Gasteiger partial charge in [-0.25, -0.2) is 0 Å². The third-order valence-electron chi connectivity index (χ3n) is 5.59. The van der Waals surface area contributed by atoms with Gasteiger partial charge in [0, 0.05) is 5.71 Å². The zero-order chi connectivity index (χ0) is 16.9. The lowest BCUT2D eigenvalue weighted by atomic mass is 9.90. The maximum absolute atomic E-state index is 4.80. The Kier molecular flexibility index (Phi) is 5.55. The number of hydrazone groups is 1. The zero-order valence-electron chi connectivity index (χ0n) is 15.3. The molecule has 2 aliphatic rings. The summed E-state index contributed by atoms with van der Waals surface area (Å²) in [5.74, 6) is 0.556. The molecule has 24 heavy (non-hydrogen) atoms. The van der Waals surface area contributed by atoms with Gasteiger partial charge in [0.2, 0.25) is 0 Å². The first kappa shape index (κ1) is 17.0. The van der Waals surface area contributed by atoms with Crippen LogP contribution >= 0.6 is 0 Å². The van der Waals surface area contributed by atoms with Gasteiger partial charge in [-0.3, -0.25) is 0 Å². The van der Waals surface area contributed by atoms with E-state index >= 15 is 0 Å². The van der Waals surface area contributed by atoms with Gasteiger partial charge in [-0.05, 0) is 57.4 Å². The second-order valence-electron chi connectivity index (χ2n) is 7.35. The quantitative estimate of drug-likeness (QED) is 0.666. The second-order valence-corrected chi connectivity index (χ2v) is 7.35. The Morgan fingerprint density at radius 3 is 2.42 bits per heavy atom. The number of benzene rings is 1. The average Bonchev–Trinajstić information content (AvgIpc) is 2.86. The van der Waals surface area contributed by atoms with Crippen molar-refractivity contribution < 1.29 is 0 Å². The number of nitrogens with zero attached hydrogens (tertiary/aromatic N) is 1. The molecule has 0 radical (unpaired) electrons. The van der Waals surface area contributed by atoms with Crippen LogP contribution in [0, 0.1) is 5.92 Å². The summed E-state index contributed by atoms with van der Waals surface area (Å²) in [6.07, 6.45) is 9.63. The highest BCUT2D eigenvalue weighted by Gasteiger charge is 2.23. The fraction of sp³-hybridized carbons (Fsp3) is 0.500. The van der Waals surface area contributed by atoms with Crippen molar-refractivity contribution >= 4 is 5.71 Å². The van der Waals surface area contributed by atoms with Crippen LogP contribution in [0.5, 0.6) is 0 Å².